The first-order valence-electron chi connectivity index (χ1n) is 12.0. The van der Waals surface area contributed by atoms with Gasteiger partial charge in [-0.05, 0) is 43.3 Å². The predicted octanol–water partition coefficient (Wildman–Crippen LogP) is 5.19. The fraction of sp³-hybridized carbons (Fsp3) is 0.148. The van der Waals surface area contributed by atoms with Crippen molar-refractivity contribution in [2.24, 2.45) is 0 Å². The first-order chi connectivity index (χ1) is 19.1. The zero-order chi connectivity index (χ0) is 28.6. The maximum atomic E-state index is 14.1. The van der Waals surface area contributed by atoms with Crippen molar-refractivity contribution in [3.05, 3.63) is 93.0 Å². The summed E-state index contributed by atoms with van der Waals surface area (Å²) in [6.07, 6.45) is 0. The van der Waals surface area contributed by atoms with Crippen molar-refractivity contribution in [3.63, 3.8) is 0 Å². The zero-order valence-corrected chi connectivity index (χ0v) is 22.9. The minimum atomic E-state index is -4.25. The summed E-state index contributed by atoms with van der Waals surface area (Å²) >= 11 is 5.92. The molecule has 0 aliphatic heterocycles. The number of hydrogen-bond donors (Lipinski definition) is 1. The quantitative estimate of drug-likeness (QED) is 0.195. The van der Waals surface area contributed by atoms with Crippen molar-refractivity contribution >= 4 is 61.0 Å². The van der Waals surface area contributed by atoms with Gasteiger partial charge in [0, 0.05) is 25.3 Å². The van der Waals surface area contributed by atoms with Crippen LogP contribution in [0.25, 0.3) is 22.2 Å². The number of halogens is 1. The Morgan fingerprint density at radius 1 is 1.07 bits per heavy atom. The van der Waals surface area contributed by atoms with Crippen molar-refractivity contribution in [2.45, 2.75) is 23.3 Å². The normalized spacial score (nSPS) is 11.7. The number of nitro benzene ring substituents is 1. The van der Waals surface area contributed by atoms with E-state index in [1.165, 1.54) is 35.9 Å². The minimum absolute atomic E-state index is 0.00326. The summed E-state index contributed by atoms with van der Waals surface area (Å²) in [5, 5.41) is 13.9. The molecule has 2 heterocycles. The van der Waals surface area contributed by atoms with Crippen molar-refractivity contribution in [2.75, 3.05) is 19.0 Å². The number of nitrogens with zero attached hydrogens (tertiary/aromatic N) is 4. The lowest BCUT2D eigenvalue weighted by atomic mass is 10.2. The van der Waals surface area contributed by atoms with Crippen molar-refractivity contribution < 1.29 is 22.9 Å². The third kappa shape index (κ3) is 4.88. The van der Waals surface area contributed by atoms with Gasteiger partial charge in [-0.3, -0.25) is 14.9 Å². The molecule has 0 bridgehead atoms. The van der Waals surface area contributed by atoms with Crippen LogP contribution >= 0.6 is 11.6 Å². The highest BCUT2D eigenvalue weighted by atomic mass is 35.5. The van der Waals surface area contributed by atoms with E-state index in [9.17, 15) is 23.3 Å². The Bertz CT molecular complexity index is 1910. The lowest BCUT2D eigenvalue weighted by Gasteiger charge is -2.13. The summed E-state index contributed by atoms with van der Waals surface area (Å²) in [7, 11) is -2.76. The molecule has 2 aromatic heterocycles. The van der Waals surface area contributed by atoms with Crippen LogP contribution in [0.4, 0.5) is 11.5 Å². The smallest absolute Gasteiger partial charge is 0.288 e. The summed E-state index contributed by atoms with van der Waals surface area (Å²) in [5.41, 5.74) is 1.58. The van der Waals surface area contributed by atoms with Crippen LogP contribution in [0.5, 0.6) is 0 Å². The van der Waals surface area contributed by atoms with E-state index in [1.54, 1.807) is 36.4 Å². The number of para-hydroxylation sites is 2. The molecule has 0 radical (unpaired) electrons. The first-order valence-corrected chi connectivity index (χ1v) is 13.8. The number of sulfone groups is 1. The number of anilines is 1. The molecule has 0 aliphatic carbocycles. The van der Waals surface area contributed by atoms with Crippen LogP contribution in [0.3, 0.4) is 0 Å². The van der Waals surface area contributed by atoms with Crippen molar-refractivity contribution in [3.8, 4) is 0 Å². The first kappa shape index (κ1) is 27.2. The number of methoxy groups -OCH3 is 1. The molecule has 0 saturated carbocycles. The zero-order valence-electron chi connectivity index (χ0n) is 21.3. The summed E-state index contributed by atoms with van der Waals surface area (Å²) in [6.45, 7) is 2.12. The Kier molecular flexibility index (Phi) is 7.23. The number of amides is 1. The topological polar surface area (TPSA) is 146 Å². The van der Waals surface area contributed by atoms with Crippen LogP contribution in [0.2, 0.25) is 5.02 Å². The highest BCUT2D eigenvalue weighted by molar-refractivity contribution is 7.92. The second-order valence-electron chi connectivity index (χ2n) is 8.90. The Hall–Kier alpha value is -4.39. The largest absolute Gasteiger partial charge is 0.383 e. The molecule has 5 rings (SSSR count). The Labute approximate surface area is 233 Å². The highest BCUT2D eigenvalue weighted by Gasteiger charge is 2.32. The predicted molar refractivity (Wildman–Crippen MR) is 150 cm³/mol. The van der Waals surface area contributed by atoms with Crippen LogP contribution in [0, 0.1) is 17.0 Å². The molecule has 1 N–H and O–H groups in total. The van der Waals surface area contributed by atoms with Gasteiger partial charge in [0.2, 0.25) is 9.84 Å². The molecule has 40 heavy (non-hydrogen) atoms. The molecule has 0 saturated heterocycles. The number of carbonyl (C=O) groups excluding carboxylic acids is 1. The fourth-order valence-electron chi connectivity index (χ4n) is 4.26. The van der Waals surface area contributed by atoms with E-state index < -0.39 is 26.4 Å². The van der Waals surface area contributed by atoms with Crippen molar-refractivity contribution in [1.29, 1.82) is 0 Å². The number of fused-ring (bicyclic) bond motifs is 2. The molecule has 0 unspecified atom stereocenters. The minimum Gasteiger partial charge on any atom is -0.383 e. The summed E-state index contributed by atoms with van der Waals surface area (Å²) in [4.78, 5) is 33.2. The van der Waals surface area contributed by atoms with E-state index in [-0.39, 0.29) is 50.5 Å². The molecule has 0 atom stereocenters. The lowest BCUT2D eigenvalue weighted by molar-refractivity contribution is -0.384. The molecule has 3 aromatic carbocycles. The molecule has 204 valence electrons. The maximum Gasteiger partial charge on any atom is 0.288 e. The van der Waals surface area contributed by atoms with Gasteiger partial charge < -0.3 is 14.6 Å². The molecular formula is C27H22ClN5O6S. The number of aryl methyl sites for hydroxylation is 1. The molecule has 1 amide bonds. The van der Waals surface area contributed by atoms with E-state index in [0.29, 0.717) is 11.0 Å². The van der Waals surface area contributed by atoms with Crippen LogP contribution in [0.1, 0.15) is 15.9 Å². The Morgan fingerprint density at radius 2 is 1.75 bits per heavy atom. The highest BCUT2D eigenvalue weighted by Crippen LogP contribution is 2.37. The monoisotopic (exact) mass is 579 g/mol. The number of benzene rings is 3. The van der Waals surface area contributed by atoms with Gasteiger partial charge in [0.15, 0.2) is 5.65 Å². The molecule has 0 aliphatic rings. The van der Waals surface area contributed by atoms with Gasteiger partial charge in [-0.25, -0.2) is 18.4 Å². The summed E-state index contributed by atoms with van der Waals surface area (Å²) < 4.78 is 35.0. The number of aromatic nitrogens is 3. The van der Waals surface area contributed by atoms with Crippen LogP contribution in [-0.2, 0) is 21.1 Å². The van der Waals surface area contributed by atoms with Crippen LogP contribution < -0.4 is 5.32 Å². The molecule has 11 nitrogen and oxygen atoms in total. The SMILES string of the molecule is COCCn1c(NC(=O)c2ccc(Cl)c([N+](=O)[O-])c2)c(S(=O)(=O)c2ccc(C)cc2)c2nc3ccccc3nc21. The van der Waals surface area contributed by atoms with Gasteiger partial charge in [-0.1, -0.05) is 41.4 Å². The Balaban J connectivity index is 1.79. The number of rotatable bonds is 8. The molecule has 0 fully saturated rings. The third-order valence-corrected chi connectivity index (χ3v) is 8.40. The van der Waals surface area contributed by atoms with E-state index in [1.807, 2.05) is 6.92 Å². The van der Waals surface area contributed by atoms with Gasteiger partial charge in [0.1, 0.15) is 21.3 Å². The number of carbonyl (C=O) groups is 1. The number of nitrogens with one attached hydrogen (secondary N) is 1. The van der Waals surface area contributed by atoms with E-state index in [2.05, 4.69) is 15.3 Å². The second-order valence-corrected chi connectivity index (χ2v) is 11.2. The Morgan fingerprint density at radius 3 is 2.40 bits per heavy atom. The van der Waals surface area contributed by atoms with Crippen molar-refractivity contribution in [1.82, 2.24) is 14.5 Å². The number of nitro groups is 1. The second kappa shape index (κ2) is 10.6. The molecule has 0 spiro atoms. The number of ether oxygens (including phenoxy) is 1. The summed E-state index contributed by atoms with van der Waals surface area (Å²) in [6, 6.07) is 16.9. The van der Waals surface area contributed by atoms with Crippen LogP contribution in [0.15, 0.2) is 76.5 Å². The molecular weight excluding hydrogens is 558 g/mol. The summed E-state index contributed by atoms with van der Waals surface area (Å²) in [5.74, 6) is -0.878. The fourth-order valence-corrected chi connectivity index (χ4v) is 5.98. The average molecular weight is 580 g/mol. The van der Waals surface area contributed by atoms with E-state index >= 15 is 0 Å². The average Bonchev–Trinajstić information content (AvgIpc) is 3.22. The van der Waals surface area contributed by atoms with E-state index in [0.717, 1.165) is 11.6 Å². The lowest BCUT2D eigenvalue weighted by Crippen LogP contribution is -2.19. The van der Waals surface area contributed by atoms with Gasteiger partial charge in [-0.2, -0.15) is 0 Å². The van der Waals surface area contributed by atoms with E-state index in [4.69, 9.17) is 16.3 Å². The van der Waals surface area contributed by atoms with Crippen LogP contribution in [-0.4, -0.2) is 47.5 Å². The van der Waals surface area contributed by atoms with Gasteiger partial charge in [0.05, 0.1) is 27.5 Å². The van der Waals surface area contributed by atoms with Gasteiger partial charge in [0.25, 0.3) is 11.6 Å². The molecule has 13 heteroatoms. The third-order valence-electron chi connectivity index (χ3n) is 6.26. The molecule has 5 aromatic rings. The number of hydrogen-bond acceptors (Lipinski definition) is 8. The maximum absolute atomic E-state index is 14.1. The van der Waals surface area contributed by atoms with Gasteiger partial charge >= 0.3 is 0 Å². The van der Waals surface area contributed by atoms with Gasteiger partial charge in [-0.15, -0.1) is 0 Å². The standard InChI is InChI=1S/C27H22ClN5O6S/c1-16-7-10-18(11-8-16)40(37,38)24-23-25(30-21-6-4-3-5-20(21)29-23)32(13-14-39-2)26(24)31-27(34)17-9-12-19(28)22(15-17)33(35)36/h3-12,15H,13-14H2,1-2H3,(H,31,34).